The highest BCUT2D eigenvalue weighted by Crippen LogP contribution is 2.36. The minimum Gasteiger partial charge on any atom is -0.338 e. The van der Waals surface area contributed by atoms with Crippen molar-refractivity contribution in [3.05, 3.63) is 18.0 Å². The normalized spacial score (nSPS) is 19.8. The Kier molecular flexibility index (Phi) is 2.72. The van der Waals surface area contributed by atoms with Gasteiger partial charge in [0, 0.05) is 30.5 Å². The Bertz CT molecular complexity index is 357. The molecule has 2 saturated carbocycles. The van der Waals surface area contributed by atoms with Crippen molar-refractivity contribution in [1.82, 2.24) is 9.97 Å². The van der Waals surface area contributed by atoms with Crippen molar-refractivity contribution in [2.45, 2.75) is 37.6 Å². The predicted octanol–water partition coefficient (Wildman–Crippen LogP) is 2.59. The Morgan fingerprint density at radius 2 is 1.88 bits per heavy atom. The average molecular weight is 238 g/mol. The fourth-order valence-corrected chi connectivity index (χ4v) is 2.06. The Morgan fingerprint density at radius 3 is 2.38 bits per heavy atom. The van der Waals surface area contributed by atoms with E-state index in [0.717, 1.165) is 24.0 Å². The zero-order chi connectivity index (χ0) is 11.0. The number of anilines is 1. The molecular weight excluding hydrogens is 222 g/mol. The van der Waals surface area contributed by atoms with Crippen molar-refractivity contribution in [3.63, 3.8) is 0 Å². The highest BCUT2D eigenvalue weighted by atomic mass is 35.5. The molecule has 0 amide bonds. The van der Waals surface area contributed by atoms with Crippen molar-refractivity contribution in [2.24, 2.45) is 5.92 Å². The first-order valence-electron chi connectivity index (χ1n) is 6.00. The fourth-order valence-electron chi connectivity index (χ4n) is 1.92. The van der Waals surface area contributed by atoms with Gasteiger partial charge in [-0.1, -0.05) is 0 Å². The third-order valence-electron chi connectivity index (χ3n) is 3.24. The minimum absolute atomic E-state index is 0.492. The van der Waals surface area contributed by atoms with Gasteiger partial charge in [-0.15, -0.1) is 11.6 Å². The fraction of sp³-hybridized carbons (Fsp3) is 0.667. The summed E-state index contributed by atoms with van der Waals surface area (Å²) in [6, 6.07) is 0.697. The van der Waals surface area contributed by atoms with Gasteiger partial charge in [0.05, 0.1) is 5.88 Å². The van der Waals surface area contributed by atoms with E-state index >= 15 is 0 Å². The van der Waals surface area contributed by atoms with Gasteiger partial charge in [-0.3, -0.25) is 0 Å². The van der Waals surface area contributed by atoms with Crippen molar-refractivity contribution >= 4 is 17.5 Å². The molecule has 86 valence electrons. The molecule has 0 unspecified atom stereocenters. The number of hydrogen-bond donors (Lipinski definition) is 0. The largest absolute Gasteiger partial charge is 0.338 e. The predicted molar refractivity (Wildman–Crippen MR) is 64.7 cm³/mol. The third kappa shape index (κ3) is 2.29. The molecule has 0 aliphatic heterocycles. The monoisotopic (exact) mass is 237 g/mol. The SMILES string of the molecule is ClCc1cnc(N(CC2CC2)C2CC2)nc1. The summed E-state index contributed by atoms with van der Waals surface area (Å²) < 4.78 is 0. The molecule has 0 aromatic carbocycles. The second-order valence-electron chi connectivity index (χ2n) is 4.85. The van der Waals surface area contributed by atoms with Crippen LogP contribution in [0, 0.1) is 5.92 Å². The highest BCUT2D eigenvalue weighted by Gasteiger charge is 2.34. The van der Waals surface area contributed by atoms with Crippen LogP contribution in [0.5, 0.6) is 0 Å². The lowest BCUT2D eigenvalue weighted by molar-refractivity contribution is 0.696. The van der Waals surface area contributed by atoms with Crippen LogP contribution >= 0.6 is 11.6 Å². The highest BCUT2D eigenvalue weighted by molar-refractivity contribution is 6.17. The lowest BCUT2D eigenvalue weighted by Gasteiger charge is -2.21. The van der Waals surface area contributed by atoms with E-state index in [9.17, 15) is 0 Å². The molecule has 2 aliphatic rings. The average Bonchev–Trinajstić information content (AvgIpc) is 3.16. The van der Waals surface area contributed by atoms with Gasteiger partial charge < -0.3 is 4.90 Å². The van der Waals surface area contributed by atoms with E-state index in [1.807, 2.05) is 12.4 Å². The van der Waals surface area contributed by atoms with E-state index in [4.69, 9.17) is 11.6 Å². The second-order valence-corrected chi connectivity index (χ2v) is 5.12. The smallest absolute Gasteiger partial charge is 0.225 e. The Balaban J connectivity index is 1.74. The van der Waals surface area contributed by atoms with Gasteiger partial charge in [-0.05, 0) is 31.6 Å². The van der Waals surface area contributed by atoms with E-state index in [2.05, 4.69) is 14.9 Å². The Morgan fingerprint density at radius 1 is 1.19 bits per heavy atom. The lowest BCUT2D eigenvalue weighted by atomic mass is 10.3. The molecule has 0 saturated heterocycles. The minimum atomic E-state index is 0.492. The molecule has 1 aromatic heterocycles. The van der Waals surface area contributed by atoms with Crippen LogP contribution in [-0.4, -0.2) is 22.6 Å². The maximum Gasteiger partial charge on any atom is 0.225 e. The molecule has 3 nitrogen and oxygen atoms in total. The van der Waals surface area contributed by atoms with E-state index in [-0.39, 0.29) is 0 Å². The van der Waals surface area contributed by atoms with Crippen molar-refractivity contribution in [1.29, 1.82) is 0 Å². The molecule has 0 radical (unpaired) electrons. The summed E-state index contributed by atoms with van der Waals surface area (Å²) in [5.74, 6) is 2.27. The number of nitrogens with zero attached hydrogens (tertiary/aromatic N) is 3. The van der Waals surface area contributed by atoms with Gasteiger partial charge in [0.2, 0.25) is 5.95 Å². The van der Waals surface area contributed by atoms with E-state index in [1.54, 1.807) is 0 Å². The molecule has 0 spiro atoms. The van der Waals surface area contributed by atoms with Crippen LogP contribution < -0.4 is 4.90 Å². The number of alkyl halides is 1. The van der Waals surface area contributed by atoms with Gasteiger partial charge in [-0.2, -0.15) is 0 Å². The lowest BCUT2D eigenvalue weighted by Crippen LogP contribution is -2.29. The molecule has 4 heteroatoms. The molecule has 0 bridgehead atoms. The van der Waals surface area contributed by atoms with Crippen LogP contribution in [0.3, 0.4) is 0 Å². The molecule has 2 aliphatic carbocycles. The molecule has 2 fully saturated rings. The van der Waals surface area contributed by atoms with Gasteiger partial charge in [0.15, 0.2) is 0 Å². The molecule has 16 heavy (non-hydrogen) atoms. The van der Waals surface area contributed by atoms with Gasteiger partial charge in [0.25, 0.3) is 0 Å². The van der Waals surface area contributed by atoms with Crippen molar-refractivity contribution in [2.75, 3.05) is 11.4 Å². The summed E-state index contributed by atoms with van der Waals surface area (Å²) in [7, 11) is 0. The van der Waals surface area contributed by atoms with Crippen LogP contribution in [0.1, 0.15) is 31.2 Å². The zero-order valence-electron chi connectivity index (χ0n) is 9.27. The second kappa shape index (κ2) is 4.21. The summed E-state index contributed by atoms with van der Waals surface area (Å²) >= 11 is 5.73. The molecule has 0 N–H and O–H groups in total. The van der Waals surface area contributed by atoms with E-state index in [1.165, 1.54) is 25.7 Å². The first-order valence-corrected chi connectivity index (χ1v) is 6.54. The first-order chi connectivity index (χ1) is 7.86. The summed E-state index contributed by atoms with van der Waals surface area (Å²) in [5, 5.41) is 0. The summed E-state index contributed by atoms with van der Waals surface area (Å²) in [4.78, 5) is 11.2. The summed E-state index contributed by atoms with van der Waals surface area (Å²) in [6.07, 6.45) is 9.04. The van der Waals surface area contributed by atoms with Crippen molar-refractivity contribution in [3.8, 4) is 0 Å². The van der Waals surface area contributed by atoms with Crippen LogP contribution in [0.4, 0.5) is 5.95 Å². The molecule has 1 aromatic rings. The van der Waals surface area contributed by atoms with Crippen LogP contribution in [-0.2, 0) is 5.88 Å². The van der Waals surface area contributed by atoms with Crippen LogP contribution in [0.15, 0.2) is 12.4 Å². The first kappa shape index (κ1) is 10.3. The number of halogens is 1. The summed E-state index contributed by atoms with van der Waals surface area (Å²) in [6.45, 7) is 1.14. The third-order valence-corrected chi connectivity index (χ3v) is 3.55. The molecule has 3 rings (SSSR count). The quantitative estimate of drug-likeness (QED) is 0.738. The molecular formula is C12H16ClN3. The maximum absolute atomic E-state index is 5.73. The van der Waals surface area contributed by atoms with Gasteiger partial charge >= 0.3 is 0 Å². The molecule has 1 heterocycles. The maximum atomic E-state index is 5.73. The van der Waals surface area contributed by atoms with Gasteiger partial charge in [0.1, 0.15) is 0 Å². The Labute approximate surface area is 101 Å². The number of rotatable bonds is 5. The zero-order valence-corrected chi connectivity index (χ0v) is 10.0. The topological polar surface area (TPSA) is 29.0 Å². The Hall–Kier alpha value is -0.830. The summed E-state index contributed by atoms with van der Waals surface area (Å²) in [5.41, 5.74) is 0.993. The van der Waals surface area contributed by atoms with Gasteiger partial charge in [-0.25, -0.2) is 9.97 Å². The number of hydrogen-bond acceptors (Lipinski definition) is 3. The van der Waals surface area contributed by atoms with Crippen LogP contribution in [0.2, 0.25) is 0 Å². The van der Waals surface area contributed by atoms with E-state index in [0.29, 0.717) is 11.9 Å². The van der Waals surface area contributed by atoms with Crippen LogP contribution in [0.25, 0.3) is 0 Å². The molecule has 0 atom stereocenters. The number of aromatic nitrogens is 2. The standard InChI is InChI=1S/C12H16ClN3/c13-5-10-6-14-12(15-7-10)16(11-3-4-11)8-9-1-2-9/h6-7,9,11H,1-5,8H2. The van der Waals surface area contributed by atoms with Crippen molar-refractivity contribution < 1.29 is 0 Å². The van der Waals surface area contributed by atoms with E-state index < -0.39 is 0 Å².